The van der Waals surface area contributed by atoms with Crippen LogP contribution in [0.1, 0.15) is 0 Å². The quantitative estimate of drug-likeness (QED) is 0.292. The molecule has 0 saturated carbocycles. The van der Waals surface area contributed by atoms with Crippen LogP contribution in [-0.4, -0.2) is 39.1 Å². The molecular formula is C6H4F2N2O4. The number of aliphatic carboxylic acids is 2. The Morgan fingerprint density at radius 1 is 1.36 bits per heavy atom. The van der Waals surface area contributed by atoms with E-state index in [1.165, 1.54) is 0 Å². The van der Waals surface area contributed by atoms with Crippen LogP contribution in [-0.2, 0) is 9.59 Å². The largest absolute Gasteiger partial charge is 0.478 e. The molecular weight excluding hydrogens is 202 g/mol. The Labute approximate surface area is 75.7 Å². The summed E-state index contributed by atoms with van der Waals surface area (Å²) in [6.45, 7) is 0. The van der Waals surface area contributed by atoms with Crippen LogP contribution in [0.5, 0.6) is 0 Å². The standard InChI is InChI=1S/C6H4F2N2O4/c7-5(8)2(1-3(11)12)4(10-9)6(13)14/h1,5H,(H,11,12)(H,13,14). The molecule has 0 fully saturated rings. The van der Waals surface area contributed by atoms with Crippen LogP contribution >= 0.6 is 0 Å². The van der Waals surface area contributed by atoms with E-state index in [1.807, 2.05) is 0 Å². The third-order valence-corrected chi connectivity index (χ3v) is 1.09. The third-order valence-electron chi connectivity index (χ3n) is 1.09. The topological polar surface area (TPSA) is 111 Å². The summed E-state index contributed by atoms with van der Waals surface area (Å²) in [7, 11) is 0. The normalized spacial score (nSPS) is 10.9. The SMILES string of the molecule is [N-]=[N+]=C(C(=O)O)C(=CC(=O)O)C(F)F. The van der Waals surface area contributed by atoms with E-state index in [0.29, 0.717) is 0 Å². The summed E-state index contributed by atoms with van der Waals surface area (Å²) in [5, 5.41) is 16.4. The lowest BCUT2D eigenvalue weighted by atomic mass is 10.1. The van der Waals surface area contributed by atoms with Gasteiger partial charge in [-0.25, -0.2) is 18.4 Å². The molecule has 76 valence electrons. The van der Waals surface area contributed by atoms with Gasteiger partial charge in [0, 0.05) is 6.08 Å². The van der Waals surface area contributed by atoms with Gasteiger partial charge in [0.15, 0.2) is 0 Å². The van der Waals surface area contributed by atoms with Gasteiger partial charge in [-0.05, 0) is 0 Å². The molecule has 8 heteroatoms. The van der Waals surface area contributed by atoms with Crippen LogP contribution in [0.2, 0.25) is 0 Å². The first kappa shape index (κ1) is 11.9. The van der Waals surface area contributed by atoms with Gasteiger partial charge in [-0.3, -0.25) is 0 Å². The van der Waals surface area contributed by atoms with Crippen molar-refractivity contribution >= 4 is 17.7 Å². The maximum Gasteiger partial charge on any atom is 0.419 e. The average molecular weight is 206 g/mol. The molecule has 0 aromatic heterocycles. The Morgan fingerprint density at radius 2 is 1.86 bits per heavy atom. The van der Waals surface area contributed by atoms with E-state index in [-0.39, 0.29) is 6.08 Å². The minimum Gasteiger partial charge on any atom is -0.478 e. The summed E-state index contributed by atoms with van der Waals surface area (Å²) >= 11 is 0. The zero-order valence-corrected chi connectivity index (χ0v) is 6.52. The Hall–Kier alpha value is -2.08. The highest BCUT2D eigenvalue weighted by atomic mass is 19.3. The Bertz CT molecular complexity index is 344. The maximum atomic E-state index is 12.1. The molecule has 0 radical (unpaired) electrons. The molecule has 0 aromatic rings. The molecule has 0 bridgehead atoms. The van der Waals surface area contributed by atoms with E-state index in [0.717, 1.165) is 0 Å². The predicted octanol–water partition coefficient (Wildman–Crippen LogP) is 0.0179. The van der Waals surface area contributed by atoms with E-state index in [1.54, 1.807) is 0 Å². The molecule has 6 nitrogen and oxygen atoms in total. The lowest BCUT2D eigenvalue weighted by Gasteiger charge is -1.96. The van der Waals surface area contributed by atoms with E-state index in [2.05, 4.69) is 4.79 Å². The van der Waals surface area contributed by atoms with Gasteiger partial charge >= 0.3 is 17.7 Å². The molecule has 0 heterocycles. The molecule has 0 amide bonds. The van der Waals surface area contributed by atoms with Crippen molar-refractivity contribution in [2.45, 2.75) is 6.43 Å². The molecule has 0 aromatic carbocycles. The molecule has 0 spiro atoms. The molecule has 2 N–H and O–H groups in total. The summed E-state index contributed by atoms with van der Waals surface area (Å²) in [5.41, 5.74) is 5.30. The van der Waals surface area contributed by atoms with Crippen molar-refractivity contribution in [2.75, 3.05) is 0 Å². The second kappa shape index (κ2) is 4.83. The van der Waals surface area contributed by atoms with E-state index >= 15 is 0 Å². The smallest absolute Gasteiger partial charge is 0.419 e. The molecule has 0 aliphatic heterocycles. The summed E-state index contributed by atoms with van der Waals surface area (Å²) in [4.78, 5) is 22.3. The lowest BCUT2D eigenvalue weighted by molar-refractivity contribution is -0.134. The van der Waals surface area contributed by atoms with Gasteiger partial charge in [0.1, 0.15) is 5.57 Å². The van der Waals surface area contributed by atoms with Gasteiger partial charge in [0.25, 0.3) is 6.43 Å². The number of alkyl halides is 2. The third kappa shape index (κ3) is 3.11. The second-order valence-corrected chi connectivity index (χ2v) is 1.99. The van der Waals surface area contributed by atoms with Gasteiger partial charge in [-0.2, -0.15) is 4.79 Å². The van der Waals surface area contributed by atoms with Crippen LogP contribution in [0.4, 0.5) is 8.78 Å². The zero-order chi connectivity index (χ0) is 11.3. The number of carbonyl (C=O) groups is 2. The lowest BCUT2D eigenvalue weighted by Crippen LogP contribution is -2.22. The predicted molar refractivity (Wildman–Crippen MR) is 38.0 cm³/mol. The first-order valence-corrected chi connectivity index (χ1v) is 3.08. The van der Waals surface area contributed by atoms with E-state index in [9.17, 15) is 18.4 Å². The second-order valence-electron chi connectivity index (χ2n) is 1.99. The summed E-state index contributed by atoms with van der Waals surface area (Å²) in [5.74, 6) is -3.71. The molecule has 0 aliphatic rings. The van der Waals surface area contributed by atoms with Crippen LogP contribution < -0.4 is 0 Å². The number of rotatable bonds is 4. The number of nitrogens with zero attached hydrogens (tertiary/aromatic N) is 2. The van der Waals surface area contributed by atoms with Crippen molar-refractivity contribution in [1.82, 2.24) is 0 Å². The minimum absolute atomic E-state index is 0.0339. The first-order valence-electron chi connectivity index (χ1n) is 3.08. The summed E-state index contributed by atoms with van der Waals surface area (Å²) in [6.07, 6.45) is -3.39. The van der Waals surface area contributed by atoms with Crippen molar-refractivity contribution in [3.8, 4) is 0 Å². The van der Waals surface area contributed by atoms with Crippen molar-refractivity contribution in [3.63, 3.8) is 0 Å². The average Bonchev–Trinajstić information content (AvgIpc) is 2.02. The fraction of sp³-hybridized carbons (Fsp3) is 0.167. The van der Waals surface area contributed by atoms with E-state index in [4.69, 9.17) is 15.7 Å². The fourth-order valence-electron chi connectivity index (χ4n) is 0.592. The number of halogens is 2. The fourth-order valence-corrected chi connectivity index (χ4v) is 0.592. The Kier molecular flexibility index (Phi) is 4.11. The van der Waals surface area contributed by atoms with Gasteiger partial charge in [-0.15, -0.1) is 0 Å². The number of carboxylic acids is 2. The molecule has 0 aliphatic carbocycles. The molecule has 0 saturated heterocycles. The first-order chi connectivity index (χ1) is 6.40. The number of carboxylic acid groups (broad SMARTS) is 2. The van der Waals surface area contributed by atoms with Crippen LogP contribution in [0.25, 0.3) is 5.53 Å². The maximum absolute atomic E-state index is 12.1. The van der Waals surface area contributed by atoms with E-state index < -0.39 is 29.6 Å². The van der Waals surface area contributed by atoms with Crippen molar-refractivity contribution in [1.29, 1.82) is 0 Å². The molecule has 0 atom stereocenters. The molecule has 0 rings (SSSR count). The van der Waals surface area contributed by atoms with Crippen LogP contribution in [0.15, 0.2) is 11.6 Å². The van der Waals surface area contributed by atoms with Crippen molar-refractivity contribution < 1.29 is 33.4 Å². The summed E-state index contributed by atoms with van der Waals surface area (Å²) in [6, 6.07) is 0. The zero-order valence-electron chi connectivity index (χ0n) is 6.52. The van der Waals surface area contributed by atoms with Crippen molar-refractivity contribution in [2.24, 2.45) is 0 Å². The number of hydrogen-bond donors (Lipinski definition) is 2. The Morgan fingerprint density at radius 3 is 2.07 bits per heavy atom. The van der Waals surface area contributed by atoms with Crippen LogP contribution in [0.3, 0.4) is 0 Å². The van der Waals surface area contributed by atoms with Gasteiger partial charge in [-0.1, -0.05) is 0 Å². The highest BCUT2D eigenvalue weighted by Gasteiger charge is 2.32. The van der Waals surface area contributed by atoms with Gasteiger partial charge in [0.2, 0.25) is 0 Å². The number of hydrogen-bond acceptors (Lipinski definition) is 2. The molecule has 14 heavy (non-hydrogen) atoms. The van der Waals surface area contributed by atoms with Gasteiger partial charge < -0.3 is 15.7 Å². The minimum atomic E-state index is -3.35. The monoisotopic (exact) mass is 206 g/mol. The van der Waals surface area contributed by atoms with Crippen molar-refractivity contribution in [3.05, 3.63) is 17.2 Å². The molecule has 0 unspecified atom stereocenters. The van der Waals surface area contributed by atoms with Crippen LogP contribution in [0, 0.1) is 0 Å². The highest BCUT2D eigenvalue weighted by molar-refractivity contribution is 6.40. The Balaban J connectivity index is 5.33. The van der Waals surface area contributed by atoms with Gasteiger partial charge in [0.05, 0.1) is 0 Å². The summed E-state index contributed by atoms with van der Waals surface area (Å²) < 4.78 is 24.1. The highest BCUT2D eigenvalue weighted by Crippen LogP contribution is 2.09.